The molecule has 0 spiro atoms. The Morgan fingerprint density at radius 3 is 2.50 bits per heavy atom. The quantitative estimate of drug-likeness (QED) is 0.258. The second-order valence-electron chi connectivity index (χ2n) is 5.73. The van der Waals surface area contributed by atoms with E-state index in [1.807, 2.05) is 0 Å². The molecule has 2 heterocycles. The lowest BCUT2D eigenvalue weighted by Gasteiger charge is -2.11. The molecule has 3 rings (SSSR count). The predicted molar refractivity (Wildman–Crippen MR) is 96.5 cm³/mol. The number of ether oxygens (including phenoxy) is 1. The number of thioether (sulfide) groups is 1. The number of aromatic nitrogens is 2. The van der Waals surface area contributed by atoms with Crippen molar-refractivity contribution < 1.29 is 36.7 Å². The number of benzene rings is 1. The van der Waals surface area contributed by atoms with Crippen molar-refractivity contribution in [3.05, 3.63) is 57.6 Å². The first-order valence-electron chi connectivity index (χ1n) is 7.94. The van der Waals surface area contributed by atoms with E-state index < -0.39 is 46.6 Å². The number of H-pyrrole nitrogens is 1. The highest BCUT2D eigenvalue weighted by Gasteiger charge is 2.37. The third kappa shape index (κ3) is 3.83. The maximum atomic E-state index is 13.9. The summed E-state index contributed by atoms with van der Waals surface area (Å²) in [5.41, 5.74) is -0.650. The number of aliphatic imine (C=N–C) groups is 1. The normalized spacial score (nSPS) is 16.6. The number of hydrogen-bond acceptors (Lipinski definition) is 6. The lowest BCUT2D eigenvalue weighted by Crippen LogP contribution is -2.30. The molecule has 1 saturated heterocycles. The van der Waals surface area contributed by atoms with Crippen LogP contribution in [0.25, 0.3) is 0 Å². The van der Waals surface area contributed by atoms with Crippen LogP contribution in [0.3, 0.4) is 0 Å². The molecule has 2 aromatic rings. The minimum Gasteiger partial charge on any atom is -0.466 e. The minimum absolute atomic E-state index is 0.0123. The molecule has 1 N–H and O–H groups in total. The van der Waals surface area contributed by atoms with E-state index in [2.05, 4.69) is 19.9 Å². The zero-order chi connectivity index (χ0) is 22.2. The number of carbonyl (C=O) groups excluding carboxylic acids is 3. The molecule has 30 heavy (non-hydrogen) atoms. The van der Waals surface area contributed by atoms with E-state index in [4.69, 9.17) is 0 Å². The standard InChI is InChI=1S/C17H10F4N4O4S/c1-6-3-10(24-23-6)25-16(28)9(5-11(26)29-2)30-17(25)22-15(27)7-4-8(18)13(20)14(21)12(7)19/h3-5H,1-2H3,(H,23,24). The van der Waals surface area contributed by atoms with Crippen LogP contribution in [-0.4, -0.2) is 40.3 Å². The number of rotatable bonds is 3. The van der Waals surface area contributed by atoms with Gasteiger partial charge in [-0.25, -0.2) is 27.3 Å². The van der Waals surface area contributed by atoms with E-state index in [0.29, 0.717) is 17.5 Å². The van der Waals surface area contributed by atoms with Crippen LogP contribution in [0.5, 0.6) is 0 Å². The highest BCUT2D eigenvalue weighted by atomic mass is 32.2. The first-order valence-corrected chi connectivity index (χ1v) is 8.75. The number of halogens is 4. The summed E-state index contributed by atoms with van der Waals surface area (Å²) in [5.74, 6) is -11.2. The molecule has 0 atom stereocenters. The summed E-state index contributed by atoms with van der Waals surface area (Å²) in [7, 11) is 1.08. The fraction of sp³-hybridized carbons (Fsp3) is 0.118. The number of nitrogens with zero attached hydrogens (tertiary/aromatic N) is 3. The van der Waals surface area contributed by atoms with Crippen LogP contribution in [0.2, 0.25) is 0 Å². The maximum Gasteiger partial charge on any atom is 0.331 e. The first-order chi connectivity index (χ1) is 14.1. The second-order valence-corrected chi connectivity index (χ2v) is 6.74. The third-order valence-corrected chi connectivity index (χ3v) is 4.68. The summed E-state index contributed by atoms with van der Waals surface area (Å²) < 4.78 is 58.3. The molecule has 0 bridgehead atoms. The van der Waals surface area contributed by atoms with Gasteiger partial charge in [0.2, 0.25) is 0 Å². The number of aromatic amines is 1. The monoisotopic (exact) mass is 442 g/mol. The van der Waals surface area contributed by atoms with Crippen LogP contribution >= 0.6 is 11.8 Å². The van der Waals surface area contributed by atoms with Crippen molar-refractivity contribution in [3.8, 4) is 0 Å². The molecule has 156 valence electrons. The van der Waals surface area contributed by atoms with Gasteiger partial charge in [0.1, 0.15) is 0 Å². The molecule has 1 aromatic heterocycles. The van der Waals surface area contributed by atoms with Crippen molar-refractivity contribution in [1.29, 1.82) is 0 Å². The lowest BCUT2D eigenvalue weighted by molar-refractivity contribution is -0.135. The number of hydrogen-bond donors (Lipinski definition) is 1. The summed E-state index contributed by atoms with van der Waals surface area (Å²) in [6.45, 7) is 1.62. The summed E-state index contributed by atoms with van der Waals surface area (Å²) in [4.78, 5) is 40.6. The molecule has 1 fully saturated rings. The van der Waals surface area contributed by atoms with Crippen molar-refractivity contribution in [2.24, 2.45) is 4.99 Å². The van der Waals surface area contributed by atoms with Gasteiger partial charge in [0.15, 0.2) is 34.3 Å². The van der Waals surface area contributed by atoms with Crippen LogP contribution in [-0.2, 0) is 14.3 Å². The number of anilines is 1. The Balaban J connectivity index is 2.08. The van der Waals surface area contributed by atoms with E-state index in [0.717, 1.165) is 18.1 Å². The molecule has 1 aromatic carbocycles. The Morgan fingerprint density at radius 2 is 1.90 bits per heavy atom. The van der Waals surface area contributed by atoms with Gasteiger partial charge in [0, 0.05) is 17.8 Å². The summed E-state index contributed by atoms with van der Waals surface area (Å²) in [6.07, 6.45) is 0.838. The summed E-state index contributed by atoms with van der Waals surface area (Å²) in [6, 6.07) is 1.56. The highest BCUT2D eigenvalue weighted by molar-refractivity contribution is 8.19. The van der Waals surface area contributed by atoms with Gasteiger partial charge in [-0.1, -0.05) is 0 Å². The van der Waals surface area contributed by atoms with E-state index in [1.165, 1.54) is 6.07 Å². The van der Waals surface area contributed by atoms with Crippen molar-refractivity contribution in [2.45, 2.75) is 6.92 Å². The van der Waals surface area contributed by atoms with Gasteiger partial charge in [-0.05, 0) is 24.8 Å². The predicted octanol–water partition coefficient (Wildman–Crippen LogP) is 2.61. The molecule has 1 aliphatic rings. The van der Waals surface area contributed by atoms with E-state index in [-0.39, 0.29) is 22.0 Å². The number of carbonyl (C=O) groups is 3. The molecule has 8 nitrogen and oxygen atoms in total. The Hall–Kier alpha value is -3.48. The molecular formula is C17H10F4N4O4S. The van der Waals surface area contributed by atoms with Crippen LogP contribution in [0, 0.1) is 30.2 Å². The average molecular weight is 442 g/mol. The number of methoxy groups -OCH3 is 1. The van der Waals surface area contributed by atoms with Gasteiger partial charge in [-0.2, -0.15) is 10.1 Å². The molecule has 0 aliphatic carbocycles. The largest absolute Gasteiger partial charge is 0.466 e. The first kappa shape index (κ1) is 21.2. The van der Waals surface area contributed by atoms with Crippen molar-refractivity contribution in [1.82, 2.24) is 10.2 Å². The zero-order valence-electron chi connectivity index (χ0n) is 15.1. The minimum atomic E-state index is -2.18. The molecule has 1 aliphatic heterocycles. The topological polar surface area (TPSA) is 105 Å². The fourth-order valence-corrected chi connectivity index (χ4v) is 3.24. The SMILES string of the molecule is COC(=O)C=C1SC(=NC(=O)c2cc(F)c(F)c(F)c2F)N(c2cc(C)[nH]n2)C1=O. The lowest BCUT2D eigenvalue weighted by atomic mass is 10.2. The van der Waals surface area contributed by atoms with E-state index >= 15 is 0 Å². The molecule has 0 radical (unpaired) electrons. The number of nitrogens with one attached hydrogen (secondary N) is 1. The second kappa shape index (κ2) is 8.10. The highest BCUT2D eigenvalue weighted by Crippen LogP contribution is 2.34. The molecule has 0 saturated carbocycles. The Kier molecular flexibility index (Phi) is 5.73. The van der Waals surface area contributed by atoms with Crippen molar-refractivity contribution in [3.63, 3.8) is 0 Å². The summed E-state index contributed by atoms with van der Waals surface area (Å²) >= 11 is 0.543. The molecule has 2 amide bonds. The van der Waals surface area contributed by atoms with Crippen LogP contribution in [0.15, 0.2) is 28.1 Å². The Morgan fingerprint density at radius 1 is 1.20 bits per heavy atom. The van der Waals surface area contributed by atoms with Gasteiger partial charge < -0.3 is 4.74 Å². The summed E-state index contributed by atoms with van der Waals surface area (Å²) in [5, 5.41) is 6.04. The van der Waals surface area contributed by atoms with Crippen LogP contribution in [0.1, 0.15) is 16.1 Å². The number of amides is 2. The molecular weight excluding hydrogens is 432 g/mol. The van der Waals surface area contributed by atoms with Crippen molar-refractivity contribution >= 4 is 40.5 Å². The number of aryl methyl sites for hydroxylation is 1. The van der Waals surface area contributed by atoms with Crippen LogP contribution < -0.4 is 4.90 Å². The zero-order valence-corrected chi connectivity index (χ0v) is 15.9. The average Bonchev–Trinajstić information content (AvgIpc) is 3.25. The van der Waals surface area contributed by atoms with Gasteiger partial charge in [0.05, 0.1) is 17.6 Å². The van der Waals surface area contributed by atoms with Crippen LogP contribution in [0.4, 0.5) is 23.4 Å². The van der Waals surface area contributed by atoms with Crippen molar-refractivity contribution in [2.75, 3.05) is 12.0 Å². The maximum absolute atomic E-state index is 13.9. The van der Waals surface area contributed by atoms with E-state index in [9.17, 15) is 31.9 Å². The third-order valence-electron chi connectivity index (χ3n) is 3.71. The smallest absolute Gasteiger partial charge is 0.331 e. The Bertz CT molecular complexity index is 1150. The molecule has 0 unspecified atom stereocenters. The van der Waals surface area contributed by atoms with Gasteiger partial charge in [0.25, 0.3) is 11.8 Å². The van der Waals surface area contributed by atoms with Gasteiger partial charge in [-0.15, -0.1) is 0 Å². The number of amidine groups is 1. The number of esters is 1. The van der Waals surface area contributed by atoms with E-state index in [1.54, 1.807) is 6.92 Å². The molecule has 13 heteroatoms. The van der Waals surface area contributed by atoms with Gasteiger partial charge >= 0.3 is 5.97 Å². The fourth-order valence-electron chi connectivity index (χ4n) is 2.31. The van der Waals surface area contributed by atoms with Gasteiger partial charge in [-0.3, -0.25) is 14.7 Å². The Labute approximate surface area is 169 Å².